The first-order chi connectivity index (χ1) is 9.54. The van der Waals surface area contributed by atoms with Gasteiger partial charge in [-0.05, 0) is 19.9 Å². The molecule has 1 aromatic carbocycles. The van der Waals surface area contributed by atoms with Crippen LogP contribution in [0.3, 0.4) is 0 Å². The molecular weight excluding hydrogens is 254 g/mol. The quantitative estimate of drug-likeness (QED) is 0.634. The monoisotopic (exact) mass is 271 g/mol. The summed E-state index contributed by atoms with van der Waals surface area (Å²) in [6, 6.07) is 10.9. The summed E-state index contributed by atoms with van der Waals surface area (Å²) >= 11 is 0. The second-order valence-corrected chi connectivity index (χ2v) is 4.64. The number of ketones is 1. The number of hydrogen-bond acceptors (Lipinski definition) is 3. The van der Waals surface area contributed by atoms with Crippen molar-refractivity contribution in [3.05, 3.63) is 58.9 Å². The van der Waals surface area contributed by atoms with Crippen LogP contribution >= 0.6 is 0 Å². The number of rotatable bonds is 4. The Hall–Kier alpha value is -2.36. The Morgan fingerprint density at radius 3 is 2.40 bits per heavy atom. The van der Waals surface area contributed by atoms with Crippen molar-refractivity contribution >= 4 is 11.8 Å². The van der Waals surface area contributed by atoms with Crippen LogP contribution in [0, 0.1) is 13.8 Å². The van der Waals surface area contributed by atoms with Gasteiger partial charge in [0.15, 0.2) is 5.78 Å². The molecule has 0 fully saturated rings. The van der Waals surface area contributed by atoms with Crippen LogP contribution in [0.4, 0.5) is 0 Å². The first-order valence-electron chi connectivity index (χ1n) is 6.38. The van der Waals surface area contributed by atoms with Crippen LogP contribution in [0.5, 0.6) is 0 Å². The molecule has 0 atom stereocenters. The number of carbonyl (C=O) groups excluding carboxylic acids is 2. The predicted octanol–water partition coefficient (Wildman–Crippen LogP) is 2.51. The Bertz CT molecular complexity index is 641. The summed E-state index contributed by atoms with van der Waals surface area (Å²) in [5.74, 6) is -0.361. The summed E-state index contributed by atoms with van der Waals surface area (Å²) in [5.41, 5.74) is 2.91. The van der Waals surface area contributed by atoms with Crippen molar-refractivity contribution in [2.75, 3.05) is 7.11 Å². The molecular formula is C16H17NO3. The van der Waals surface area contributed by atoms with Gasteiger partial charge in [-0.3, -0.25) is 9.59 Å². The van der Waals surface area contributed by atoms with Crippen molar-refractivity contribution in [3.63, 3.8) is 0 Å². The standard InChI is InChI=1S/C16H17NO3/c1-11-9-14(12(2)17(11)10-15(18)20-3)16(19)13-7-5-4-6-8-13/h4-9H,10H2,1-3H3. The highest BCUT2D eigenvalue weighted by Crippen LogP contribution is 2.19. The lowest BCUT2D eigenvalue weighted by Gasteiger charge is -2.08. The molecule has 1 heterocycles. The highest BCUT2D eigenvalue weighted by atomic mass is 16.5. The van der Waals surface area contributed by atoms with Gasteiger partial charge < -0.3 is 9.30 Å². The number of aryl methyl sites for hydroxylation is 1. The second kappa shape index (κ2) is 5.74. The van der Waals surface area contributed by atoms with Gasteiger partial charge in [0.05, 0.1) is 7.11 Å². The summed E-state index contributed by atoms with van der Waals surface area (Å²) in [6.45, 7) is 3.83. The molecule has 1 aromatic heterocycles. The number of benzene rings is 1. The van der Waals surface area contributed by atoms with Crippen LogP contribution in [0.2, 0.25) is 0 Å². The predicted molar refractivity (Wildman–Crippen MR) is 75.8 cm³/mol. The van der Waals surface area contributed by atoms with Crippen LogP contribution in [0.15, 0.2) is 36.4 Å². The van der Waals surface area contributed by atoms with Crippen molar-refractivity contribution in [1.82, 2.24) is 4.57 Å². The van der Waals surface area contributed by atoms with Crippen LogP contribution < -0.4 is 0 Å². The molecule has 20 heavy (non-hydrogen) atoms. The van der Waals surface area contributed by atoms with Gasteiger partial charge in [0.2, 0.25) is 0 Å². The van der Waals surface area contributed by atoms with Gasteiger partial charge in [0, 0.05) is 22.5 Å². The zero-order valence-electron chi connectivity index (χ0n) is 11.8. The van der Waals surface area contributed by atoms with E-state index in [0.29, 0.717) is 11.1 Å². The third-order valence-corrected chi connectivity index (χ3v) is 3.37. The number of methoxy groups -OCH3 is 1. The molecule has 104 valence electrons. The lowest BCUT2D eigenvalue weighted by molar-refractivity contribution is -0.141. The van der Waals surface area contributed by atoms with Gasteiger partial charge in [0.1, 0.15) is 6.54 Å². The topological polar surface area (TPSA) is 48.3 Å². The van der Waals surface area contributed by atoms with Crippen molar-refractivity contribution in [2.24, 2.45) is 0 Å². The minimum absolute atomic E-state index is 0.0326. The van der Waals surface area contributed by atoms with E-state index in [1.807, 2.05) is 38.1 Å². The minimum Gasteiger partial charge on any atom is -0.468 e. The maximum Gasteiger partial charge on any atom is 0.325 e. The molecule has 0 aliphatic carbocycles. The van der Waals surface area contributed by atoms with E-state index in [0.717, 1.165) is 11.4 Å². The second-order valence-electron chi connectivity index (χ2n) is 4.64. The molecule has 0 unspecified atom stereocenters. The Morgan fingerprint density at radius 1 is 1.15 bits per heavy atom. The third-order valence-electron chi connectivity index (χ3n) is 3.37. The van der Waals surface area contributed by atoms with E-state index in [9.17, 15) is 9.59 Å². The van der Waals surface area contributed by atoms with Crippen LogP contribution in [0.1, 0.15) is 27.3 Å². The van der Waals surface area contributed by atoms with Crippen LogP contribution in [-0.4, -0.2) is 23.4 Å². The molecule has 0 bridgehead atoms. The zero-order valence-corrected chi connectivity index (χ0v) is 11.8. The van der Waals surface area contributed by atoms with Gasteiger partial charge in [-0.2, -0.15) is 0 Å². The summed E-state index contributed by atoms with van der Waals surface area (Å²) in [7, 11) is 1.35. The summed E-state index contributed by atoms with van der Waals surface area (Å²) in [4.78, 5) is 23.9. The maximum atomic E-state index is 12.5. The van der Waals surface area contributed by atoms with Crippen molar-refractivity contribution < 1.29 is 14.3 Å². The van der Waals surface area contributed by atoms with E-state index in [1.165, 1.54) is 7.11 Å². The number of ether oxygens (including phenoxy) is 1. The Kier molecular flexibility index (Phi) is 4.03. The molecule has 0 spiro atoms. The van der Waals surface area contributed by atoms with Gasteiger partial charge in [-0.1, -0.05) is 30.3 Å². The van der Waals surface area contributed by atoms with Crippen LogP contribution in [0.25, 0.3) is 0 Å². The van der Waals surface area contributed by atoms with E-state index in [2.05, 4.69) is 4.74 Å². The number of hydrogen-bond donors (Lipinski definition) is 0. The van der Waals surface area contributed by atoms with Crippen molar-refractivity contribution in [2.45, 2.75) is 20.4 Å². The van der Waals surface area contributed by atoms with Crippen LogP contribution in [-0.2, 0) is 16.1 Å². The fraction of sp³-hybridized carbons (Fsp3) is 0.250. The average Bonchev–Trinajstić information content (AvgIpc) is 2.75. The van der Waals surface area contributed by atoms with E-state index in [1.54, 1.807) is 16.7 Å². The summed E-state index contributed by atoms with van der Waals surface area (Å²) in [5, 5.41) is 0. The lowest BCUT2D eigenvalue weighted by Crippen LogP contribution is -2.14. The molecule has 0 radical (unpaired) electrons. The molecule has 0 aliphatic heterocycles. The molecule has 4 heteroatoms. The third kappa shape index (κ3) is 2.64. The largest absolute Gasteiger partial charge is 0.468 e. The Labute approximate surface area is 118 Å². The van der Waals surface area contributed by atoms with Crippen molar-refractivity contribution in [1.29, 1.82) is 0 Å². The van der Waals surface area contributed by atoms with Gasteiger partial charge in [0.25, 0.3) is 0 Å². The number of carbonyl (C=O) groups is 2. The summed E-state index contributed by atoms with van der Waals surface area (Å²) < 4.78 is 6.47. The molecule has 4 nitrogen and oxygen atoms in total. The number of esters is 1. The fourth-order valence-corrected chi connectivity index (χ4v) is 2.21. The molecule has 0 aliphatic rings. The van der Waals surface area contributed by atoms with E-state index >= 15 is 0 Å². The lowest BCUT2D eigenvalue weighted by atomic mass is 10.0. The summed E-state index contributed by atoms with van der Waals surface area (Å²) in [6.07, 6.45) is 0. The molecule has 0 saturated carbocycles. The molecule has 0 saturated heterocycles. The van der Waals surface area contributed by atoms with E-state index in [-0.39, 0.29) is 18.3 Å². The fourth-order valence-electron chi connectivity index (χ4n) is 2.21. The first-order valence-corrected chi connectivity index (χ1v) is 6.38. The number of nitrogens with zero attached hydrogens (tertiary/aromatic N) is 1. The molecule has 0 amide bonds. The minimum atomic E-state index is -0.328. The van der Waals surface area contributed by atoms with Gasteiger partial charge in [-0.15, -0.1) is 0 Å². The average molecular weight is 271 g/mol. The smallest absolute Gasteiger partial charge is 0.325 e. The van der Waals surface area contributed by atoms with Crippen molar-refractivity contribution in [3.8, 4) is 0 Å². The number of aromatic nitrogens is 1. The Morgan fingerprint density at radius 2 is 1.80 bits per heavy atom. The normalized spacial score (nSPS) is 10.3. The first kappa shape index (κ1) is 14.1. The maximum absolute atomic E-state index is 12.5. The van der Waals surface area contributed by atoms with Gasteiger partial charge >= 0.3 is 5.97 Å². The Balaban J connectivity index is 2.37. The molecule has 2 aromatic rings. The van der Waals surface area contributed by atoms with Gasteiger partial charge in [-0.25, -0.2) is 0 Å². The zero-order chi connectivity index (χ0) is 14.7. The molecule has 0 N–H and O–H groups in total. The highest BCUT2D eigenvalue weighted by molar-refractivity contribution is 6.09. The highest BCUT2D eigenvalue weighted by Gasteiger charge is 2.18. The van der Waals surface area contributed by atoms with E-state index < -0.39 is 0 Å². The van der Waals surface area contributed by atoms with E-state index in [4.69, 9.17) is 0 Å². The molecule has 2 rings (SSSR count). The SMILES string of the molecule is COC(=O)Cn1c(C)cc(C(=O)c2ccccc2)c1C.